The quantitative estimate of drug-likeness (QED) is 0.559. The first-order valence-corrected chi connectivity index (χ1v) is 5.93. The summed E-state index contributed by atoms with van der Waals surface area (Å²) < 4.78 is 0. The molecular weight excluding hydrogens is 186 g/mol. The number of hydrogen-bond donors (Lipinski definition) is 0. The maximum atomic E-state index is 12.1. The number of carbonyl (C=O) groups is 1. The van der Waals surface area contributed by atoms with Gasteiger partial charge in [-0.1, -0.05) is 32.9 Å². The molecule has 2 heteroatoms. The SMILES string of the molecule is CC(C)(C)C(=O)N1CC2CC=CCC2C1. The van der Waals surface area contributed by atoms with Gasteiger partial charge in [0.15, 0.2) is 0 Å². The van der Waals surface area contributed by atoms with E-state index in [1.807, 2.05) is 20.8 Å². The normalized spacial score (nSPS) is 30.5. The zero-order chi connectivity index (χ0) is 11.1. The number of rotatable bonds is 0. The third-order valence-electron chi connectivity index (χ3n) is 3.55. The fourth-order valence-electron chi connectivity index (χ4n) is 2.66. The van der Waals surface area contributed by atoms with Crippen LogP contribution in [0.2, 0.25) is 0 Å². The highest BCUT2D eigenvalue weighted by Crippen LogP contribution is 2.34. The number of likely N-dealkylation sites (tertiary alicyclic amines) is 1. The van der Waals surface area contributed by atoms with E-state index >= 15 is 0 Å². The van der Waals surface area contributed by atoms with Crippen LogP contribution in [0, 0.1) is 17.3 Å². The second-order valence-corrected chi connectivity index (χ2v) is 5.92. The zero-order valence-corrected chi connectivity index (χ0v) is 9.99. The first kappa shape index (κ1) is 10.7. The van der Waals surface area contributed by atoms with Crippen molar-refractivity contribution in [1.29, 1.82) is 0 Å². The summed E-state index contributed by atoms with van der Waals surface area (Å²) in [5.41, 5.74) is -0.221. The van der Waals surface area contributed by atoms with E-state index in [2.05, 4.69) is 17.1 Å². The van der Waals surface area contributed by atoms with E-state index < -0.39 is 0 Å². The van der Waals surface area contributed by atoms with E-state index in [1.54, 1.807) is 0 Å². The zero-order valence-electron chi connectivity index (χ0n) is 9.99. The van der Waals surface area contributed by atoms with Crippen LogP contribution in [0.25, 0.3) is 0 Å². The lowest BCUT2D eigenvalue weighted by atomic mass is 9.86. The summed E-state index contributed by atoms with van der Waals surface area (Å²) in [5, 5.41) is 0. The molecule has 0 bridgehead atoms. The Morgan fingerprint density at radius 1 is 1.13 bits per heavy atom. The Morgan fingerprint density at radius 2 is 1.60 bits per heavy atom. The first-order chi connectivity index (χ1) is 6.98. The van der Waals surface area contributed by atoms with Crippen molar-refractivity contribution in [2.75, 3.05) is 13.1 Å². The molecule has 0 aromatic carbocycles. The van der Waals surface area contributed by atoms with Crippen molar-refractivity contribution in [2.24, 2.45) is 17.3 Å². The summed E-state index contributed by atoms with van der Waals surface area (Å²) >= 11 is 0. The van der Waals surface area contributed by atoms with Crippen molar-refractivity contribution in [3.63, 3.8) is 0 Å². The van der Waals surface area contributed by atoms with Gasteiger partial charge < -0.3 is 4.90 Å². The summed E-state index contributed by atoms with van der Waals surface area (Å²) in [5.74, 6) is 1.76. The lowest BCUT2D eigenvalue weighted by molar-refractivity contribution is -0.138. The van der Waals surface area contributed by atoms with Gasteiger partial charge in [0.1, 0.15) is 0 Å². The monoisotopic (exact) mass is 207 g/mol. The number of allylic oxidation sites excluding steroid dienone is 2. The van der Waals surface area contributed by atoms with Gasteiger partial charge in [-0.2, -0.15) is 0 Å². The Kier molecular flexibility index (Phi) is 2.61. The molecule has 2 unspecified atom stereocenters. The predicted molar refractivity (Wildman–Crippen MR) is 61.4 cm³/mol. The van der Waals surface area contributed by atoms with Gasteiger partial charge >= 0.3 is 0 Å². The maximum absolute atomic E-state index is 12.1. The van der Waals surface area contributed by atoms with Gasteiger partial charge in [-0.25, -0.2) is 0 Å². The minimum Gasteiger partial charge on any atom is -0.342 e. The molecule has 2 aliphatic rings. The van der Waals surface area contributed by atoms with Crippen molar-refractivity contribution in [2.45, 2.75) is 33.6 Å². The highest BCUT2D eigenvalue weighted by atomic mass is 16.2. The Hall–Kier alpha value is -0.790. The van der Waals surface area contributed by atoms with Crippen molar-refractivity contribution in [3.8, 4) is 0 Å². The van der Waals surface area contributed by atoms with Crippen LogP contribution in [0.1, 0.15) is 33.6 Å². The molecule has 1 aliphatic carbocycles. The molecular formula is C13H21NO. The Bertz CT molecular complexity index is 271. The third-order valence-corrected chi connectivity index (χ3v) is 3.55. The average Bonchev–Trinajstić information content (AvgIpc) is 2.58. The maximum Gasteiger partial charge on any atom is 0.227 e. The smallest absolute Gasteiger partial charge is 0.227 e. The van der Waals surface area contributed by atoms with E-state index in [0.717, 1.165) is 24.9 Å². The van der Waals surface area contributed by atoms with E-state index in [1.165, 1.54) is 12.8 Å². The molecule has 2 atom stereocenters. The minimum absolute atomic E-state index is 0.221. The van der Waals surface area contributed by atoms with E-state index in [9.17, 15) is 4.79 Å². The van der Waals surface area contributed by atoms with Gasteiger partial charge in [0, 0.05) is 18.5 Å². The number of nitrogens with zero attached hydrogens (tertiary/aromatic N) is 1. The van der Waals surface area contributed by atoms with Crippen LogP contribution >= 0.6 is 0 Å². The Labute approximate surface area is 92.3 Å². The lowest BCUT2D eigenvalue weighted by Crippen LogP contribution is -2.38. The third kappa shape index (κ3) is 2.09. The van der Waals surface area contributed by atoms with Crippen molar-refractivity contribution in [3.05, 3.63) is 12.2 Å². The molecule has 0 aromatic heterocycles. The Morgan fingerprint density at radius 3 is 2.00 bits per heavy atom. The molecule has 1 amide bonds. The molecule has 84 valence electrons. The molecule has 1 aliphatic heterocycles. The summed E-state index contributed by atoms with van der Waals surface area (Å²) in [6, 6.07) is 0. The van der Waals surface area contributed by atoms with Crippen LogP contribution < -0.4 is 0 Å². The molecule has 0 saturated carbocycles. The summed E-state index contributed by atoms with van der Waals surface area (Å²) in [6.07, 6.45) is 6.87. The second-order valence-electron chi connectivity index (χ2n) is 5.92. The van der Waals surface area contributed by atoms with Gasteiger partial charge in [0.25, 0.3) is 0 Å². The minimum atomic E-state index is -0.221. The average molecular weight is 207 g/mol. The second kappa shape index (κ2) is 3.66. The summed E-state index contributed by atoms with van der Waals surface area (Å²) in [4.78, 5) is 14.2. The van der Waals surface area contributed by atoms with Gasteiger partial charge in [-0.3, -0.25) is 4.79 Å². The molecule has 1 fully saturated rings. The molecule has 2 rings (SSSR count). The van der Waals surface area contributed by atoms with E-state index in [0.29, 0.717) is 5.91 Å². The predicted octanol–water partition coefficient (Wildman–Crippen LogP) is 2.46. The van der Waals surface area contributed by atoms with Crippen molar-refractivity contribution in [1.82, 2.24) is 4.90 Å². The van der Waals surface area contributed by atoms with Crippen molar-refractivity contribution < 1.29 is 4.79 Å². The summed E-state index contributed by atoms with van der Waals surface area (Å²) in [6.45, 7) is 7.98. The van der Waals surface area contributed by atoms with Crippen LogP contribution in [0.5, 0.6) is 0 Å². The lowest BCUT2D eigenvalue weighted by Gasteiger charge is -2.25. The van der Waals surface area contributed by atoms with Crippen LogP contribution in [0.15, 0.2) is 12.2 Å². The van der Waals surface area contributed by atoms with E-state index in [-0.39, 0.29) is 5.41 Å². The van der Waals surface area contributed by atoms with Gasteiger partial charge in [-0.15, -0.1) is 0 Å². The van der Waals surface area contributed by atoms with Crippen molar-refractivity contribution >= 4 is 5.91 Å². The molecule has 0 aromatic rings. The highest BCUT2D eigenvalue weighted by Gasteiger charge is 2.38. The number of fused-ring (bicyclic) bond motifs is 1. The van der Waals surface area contributed by atoms with Crippen LogP contribution in [-0.4, -0.2) is 23.9 Å². The molecule has 15 heavy (non-hydrogen) atoms. The molecule has 0 radical (unpaired) electrons. The fourth-order valence-corrected chi connectivity index (χ4v) is 2.66. The number of amides is 1. The van der Waals surface area contributed by atoms with Crippen LogP contribution in [-0.2, 0) is 4.79 Å². The summed E-state index contributed by atoms with van der Waals surface area (Å²) in [7, 11) is 0. The molecule has 1 saturated heterocycles. The molecule has 0 N–H and O–H groups in total. The first-order valence-electron chi connectivity index (χ1n) is 5.93. The molecule has 2 nitrogen and oxygen atoms in total. The van der Waals surface area contributed by atoms with Crippen LogP contribution in [0.4, 0.5) is 0 Å². The van der Waals surface area contributed by atoms with Gasteiger partial charge in [0.05, 0.1) is 0 Å². The highest BCUT2D eigenvalue weighted by molar-refractivity contribution is 5.81. The molecule has 0 spiro atoms. The van der Waals surface area contributed by atoms with Gasteiger partial charge in [-0.05, 0) is 24.7 Å². The number of carbonyl (C=O) groups excluding carboxylic acids is 1. The Balaban J connectivity index is 2.02. The van der Waals surface area contributed by atoms with Gasteiger partial charge in [0.2, 0.25) is 5.91 Å². The topological polar surface area (TPSA) is 20.3 Å². The largest absolute Gasteiger partial charge is 0.342 e. The van der Waals surface area contributed by atoms with E-state index in [4.69, 9.17) is 0 Å². The van der Waals surface area contributed by atoms with Crippen LogP contribution in [0.3, 0.4) is 0 Å². The molecule has 1 heterocycles. The number of hydrogen-bond acceptors (Lipinski definition) is 1. The fraction of sp³-hybridized carbons (Fsp3) is 0.769. The standard InChI is InChI=1S/C13H21NO/c1-13(2,3)12(15)14-8-10-6-4-5-7-11(10)9-14/h4-5,10-11H,6-9H2,1-3H3.